The molecule has 2 nitrogen and oxygen atoms in total. The largest absolute Gasteiger partial charge is 0.376 e. The Kier molecular flexibility index (Phi) is 6.19. The van der Waals surface area contributed by atoms with Gasteiger partial charge in [0.25, 0.3) is 0 Å². The highest BCUT2D eigenvalue weighted by Gasteiger charge is 2.52. The Morgan fingerprint density at radius 2 is 1.33 bits per heavy atom. The molecule has 2 heterocycles. The van der Waals surface area contributed by atoms with Crippen LogP contribution in [0.15, 0.2) is 101 Å². The van der Waals surface area contributed by atoms with Crippen molar-refractivity contribution < 1.29 is 4.74 Å². The number of nitrogens with zero attached hydrogens (tertiary/aromatic N) is 1. The molecular formula is C26H27NOS2. The topological polar surface area (TPSA) is 12.5 Å². The van der Waals surface area contributed by atoms with Crippen molar-refractivity contribution in [3.05, 3.63) is 96.6 Å². The van der Waals surface area contributed by atoms with Crippen molar-refractivity contribution in [1.82, 2.24) is 4.90 Å². The lowest BCUT2D eigenvalue weighted by atomic mass is 9.96. The molecule has 154 valence electrons. The minimum absolute atomic E-state index is 0.0804. The number of likely N-dealkylation sites (tertiary alicyclic amines) is 1. The average molecular weight is 434 g/mol. The average Bonchev–Trinajstić information content (AvgIpc) is 3.20. The third-order valence-corrected chi connectivity index (χ3v) is 9.23. The minimum atomic E-state index is 0.0804. The second-order valence-electron chi connectivity index (χ2n) is 8.09. The first-order valence-electron chi connectivity index (χ1n) is 10.7. The van der Waals surface area contributed by atoms with E-state index in [1.807, 2.05) is 23.5 Å². The molecule has 2 saturated heterocycles. The zero-order valence-electron chi connectivity index (χ0n) is 17.0. The van der Waals surface area contributed by atoms with E-state index in [0.29, 0.717) is 12.0 Å². The van der Waals surface area contributed by atoms with E-state index < -0.39 is 0 Å². The molecule has 0 spiro atoms. The molecule has 2 aliphatic rings. The fourth-order valence-electron chi connectivity index (χ4n) is 4.60. The quantitative estimate of drug-likeness (QED) is 0.430. The number of rotatable bonds is 6. The van der Waals surface area contributed by atoms with Crippen LogP contribution in [0.3, 0.4) is 0 Å². The Hall–Kier alpha value is -1.72. The van der Waals surface area contributed by atoms with E-state index in [2.05, 4.69) is 95.9 Å². The maximum Gasteiger partial charge on any atom is 0.0792 e. The van der Waals surface area contributed by atoms with Crippen LogP contribution >= 0.6 is 23.5 Å². The molecule has 0 radical (unpaired) electrons. The van der Waals surface area contributed by atoms with E-state index in [1.54, 1.807) is 0 Å². The Morgan fingerprint density at radius 3 is 1.93 bits per heavy atom. The first-order chi connectivity index (χ1) is 14.8. The number of fused-ring (bicyclic) bond motifs is 1. The molecule has 3 aromatic rings. The van der Waals surface area contributed by atoms with Gasteiger partial charge in [-0.25, -0.2) is 0 Å². The molecule has 0 bridgehead atoms. The fraction of sp³-hybridized carbons (Fsp3) is 0.308. The molecule has 2 aliphatic heterocycles. The number of hydrogen-bond acceptors (Lipinski definition) is 4. The van der Waals surface area contributed by atoms with Gasteiger partial charge in [-0.05, 0) is 36.2 Å². The van der Waals surface area contributed by atoms with Gasteiger partial charge >= 0.3 is 0 Å². The summed E-state index contributed by atoms with van der Waals surface area (Å²) < 4.78 is 6.41. The monoisotopic (exact) mass is 433 g/mol. The van der Waals surface area contributed by atoms with Crippen LogP contribution in [0.1, 0.15) is 12.0 Å². The molecular weight excluding hydrogens is 406 g/mol. The van der Waals surface area contributed by atoms with Crippen molar-refractivity contribution in [3.8, 4) is 0 Å². The van der Waals surface area contributed by atoms with Gasteiger partial charge in [-0.15, -0.1) is 23.5 Å². The predicted molar refractivity (Wildman–Crippen MR) is 127 cm³/mol. The highest BCUT2D eigenvalue weighted by atomic mass is 32.2. The number of benzene rings is 3. The van der Waals surface area contributed by atoms with E-state index in [9.17, 15) is 0 Å². The summed E-state index contributed by atoms with van der Waals surface area (Å²) in [5.74, 6) is 0.491. The van der Waals surface area contributed by atoms with Gasteiger partial charge in [-0.3, -0.25) is 4.90 Å². The maximum absolute atomic E-state index is 6.33. The highest BCUT2D eigenvalue weighted by molar-refractivity contribution is 8.18. The summed E-state index contributed by atoms with van der Waals surface area (Å²) in [4.78, 5) is 5.29. The molecule has 3 aromatic carbocycles. The molecule has 0 aliphatic carbocycles. The molecule has 0 saturated carbocycles. The van der Waals surface area contributed by atoms with Crippen molar-refractivity contribution in [2.75, 3.05) is 19.7 Å². The van der Waals surface area contributed by atoms with E-state index in [0.717, 1.165) is 32.7 Å². The van der Waals surface area contributed by atoms with Crippen molar-refractivity contribution in [3.63, 3.8) is 0 Å². The van der Waals surface area contributed by atoms with E-state index in [-0.39, 0.29) is 4.08 Å². The molecule has 0 amide bonds. The predicted octanol–water partition coefficient (Wildman–Crippen LogP) is 6.19. The number of hydrogen-bond donors (Lipinski definition) is 0. The van der Waals surface area contributed by atoms with Crippen LogP contribution in [0.2, 0.25) is 0 Å². The zero-order valence-corrected chi connectivity index (χ0v) is 18.7. The Balaban J connectivity index is 1.43. The Morgan fingerprint density at radius 1 is 0.767 bits per heavy atom. The van der Waals surface area contributed by atoms with Crippen molar-refractivity contribution in [1.29, 1.82) is 0 Å². The van der Waals surface area contributed by atoms with Gasteiger partial charge in [0.05, 0.1) is 10.2 Å². The second-order valence-corrected chi connectivity index (χ2v) is 11.2. The highest BCUT2D eigenvalue weighted by Crippen LogP contribution is 2.57. The van der Waals surface area contributed by atoms with Crippen molar-refractivity contribution in [2.45, 2.75) is 32.9 Å². The summed E-state index contributed by atoms with van der Waals surface area (Å²) in [7, 11) is 0. The van der Waals surface area contributed by atoms with E-state index in [4.69, 9.17) is 4.74 Å². The van der Waals surface area contributed by atoms with E-state index >= 15 is 0 Å². The lowest BCUT2D eigenvalue weighted by Gasteiger charge is -2.44. The van der Waals surface area contributed by atoms with Gasteiger partial charge in [-0.1, -0.05) is 66.7 Å². The normalized spacial score (nSPS) is 23.2. The van der Waals surface area contributed by atoms with Crippen LogP contribution in [0.5, 0.6) is 0 Å². The van der Waals surface area contributed by atoms with Gasteiger partial charge in [0, 0.05) is 42.0 Å². The molecule has 30 heavy (non-hydrogen) atoms. The first kappa shape index (κ1) is 20.2. The van der Waals surface area contributed by atoms with Crippen LogP contribution in [-0.2, 0) is 11.3 Å². The maximum atomic E-state index is 6.33. The lowest BCUT2D eigenvalue weighted by molar-refractivity contribution is -0.00329. The molecule has 4 heteroatoms. The molecule has 2 atom stereocenters. The minimum Gasteiger partial charge on any atom is -0.376 e. The molecule has 0 aromatic heterocycles. The third-order valence-electron chi connectivity index (χ3n) is 6.01. The smallest absolute Gasteiger partial charge is 0.0792 e. The Bertz CT molecular complexity index is 894. The SMILES string of the molecule is c1ccc(CN2CC3OCCC(Sc4ccccc4)(Sc4ccccc4)C3C2)cc1. The zero-order chi connectivity index (χ0) is 20.2. The van der Waals surface area contributed by atoms with E-state index in [1.165, 1.54) is 15.4 Å². The summed E-state index contributed by atoms with van der Waals surface area (Å²) in [6.45, 7) is 3.94. The van der Waals surface area contributed by atoms with Gasteiger partial charge in [-0.2, -0.15) is 0 Å². The van der Waals surface area contributed by atoms with Crippen LogP contribution in [0.4, 0.5) is 0 Å². The second kappa shape index (κ2) is 9.19. The molecule has 5 rings (SSSR count). The molecule has 2 fully saturated rings. The van der Waals surface area contributed by atoms with Crippen LogP contribution in [-0.4, -0.2) is 34.8 Å². The fourth-order valence-corrected chi connectivity index (χ4v) is 7.86. The summed E-state index contributed by atoms with van der Waals surface area (Å²) in [6, 6.07) is 32.6. The van der Waals surface area contributed by atoms with Gasteiger partial charge in [0.15, 0.2) is 0 Å². The molecule has 0 N–H and O–H groups in total. The number of ether oxygens (including phenoxy) is 1. The van der Waals surface area contributed by atoms with Gasteiger partial charge in [0.1, 0.15) is 0 Å². The summed E-state index contributed by atoms with van der Waals surface area (Å²) >= 11 is 4.10. The van der Waals surface area contributed by atoms with Gasteiger partial charge in [0.2, 0.25) is 0 Å². The standard InChI is InChI=1S/C26H27NOS2/c1-4-10-21(11-5-1)18-27-19-24-25(20-27)28-17-16-26(24,29-22-12-6-2-7-13-22)30-23-14-8-3-9-15-23/h1-15,24-25H,16-20H2. The summed E-state index contributed by atoms with van der Waals surface area (Å²) in [5.41, 5.74) is 1.38. The van der Waals surface area contributed by atoms with Crippen molar-refractivity contribution in [2.24, 2.45) is 5.92 Å². The third kappa shape index (κ3) is 4.47. The summed E-state index contributed by atoms with van der Waals surface area (Å²) in [6.07, 6.45) is 1.36. The van der Waals surface area contributed by atoms with Gasteiger partial charge < -0.3 is 4.74 Å². The van der Waals surface area contributed by atoms with Crippen LogP contribution in [0, 0.1) is 5.92 Å². The van der Waals surface area contributed by atoms with Crippen LogP contribution < -0.4 is 0 Å². The van der Waals surface area contributed by atoms with Crippen LogP contribution in [0.25, 0.3) is 0 Å². The molecule has 2 unspecified atom stereocenters. The first-order valence-corrected chi connectivity index (χ1v) is 12.3. The number of thioether (sulfide) groups is 2. The lowest BCUT2D eigenvalue weighted by Crippen LogP contribution is -2.45. The van der Waals surface area contributed by atoms with Crippen molar-refractivity contribution >= 4 is 23.5 Å². The Labute approximate surface area is 188 Å². The summed E-state index contributed by atoms with van der Waals surface area (Å²) in [5, 5.41) is 0.